The predicted molar refractivity (Wildman–Crippen MR) is 68.0 cm³/mol. The lowest BCUT2D eigenvalue weighted by atomic mass is 9.80. The van der Waals surface area contributed by atoms with Crippen molar-refractivity contribution in [2.75, 3.05) is 6.54 Å². The largest absolute Gasteiger partial charge is 0.481 e. The van der Waals surface area contributed by atoms with Crippen molar-refractivity contribution in [3.05, 3.63) is 0 Å². The molecule has 0 heterocycles. The molecule has 0 aliphatic heterocycles. The molecule has 2 fully saturated rings. The van der Waals surface area contributed by atoms with Crippen LogP contribution in [0.3, 0.4) is 0 Å². The van der Waals surface area contributed by atoms with Gasteiger partial charge in [0.25, 0.3) is 0 Å². The molecular weight excluding hydrogens is 244 g/mol. The van der Waals surface area contributed by atoms with Crippen molar-refractivity contribution in [3.63, 3.8) is 0 Å². The van der Waals surface area contributed by atoms with Gasteiger partial charge in [0.2, 0.25) is 5.91 Å². The average molecular weight is 264 g/mol. The Morgan fingerprint density at radius 3 is 2.47 bits per heavy atom. The number of carbonyl (C=O) groups excluding carboxylic acids is 1. The number of carboxylic acids is 1. The van der Waals surface area contributed by atoms with E-state index >= 15 is 0 Å². The van der Waals surface area contributed by atoms with E-state index in [4.69, 9.17) is 10.4 Å². The molecule has 1 N–H and O–H groups in total. The molecule has 0 saturated heterocycles. The molecule has 0 aromatic heterocycles. The van der Waals surface area contributed by atoms with Crippen molar-refractivity contribution in [1.29, 1.82) is 5.26 Å². The fraction of sp³-hybridized carbons (Fsp3) is 0.786. The highest BCUT2D eigenvalue weighted by atomic mass is 16.4. The average Bonchev–Trinajstić information content (AvgIpc) is 3.23. The van der Waals surface area contributed by atoms with Gasteiger partial charge in [-0.1, -0.05) is 6.42 Å². The van der Waals surface area contributed by atoms with Crippen LogP contribution in [0.2, 0.25) is 0 Å². The SMILES string of the molecule is N#CCCN(C(=O)C1CCCC(C(=O)O)C1)C1CC1. The lowest BCUT2D eigenvalue weighted by molar-refractivity contribution is -0.145. The van der Waals surface area contributed by atoms with Crippen LogP contribution in [0.1, 0.15) is 44.9 Å². The van der Waals surface area contributed by atoms with Crippen molar-refractivity contribution in [2.24, 2.45) is 11.8 Å². The molecule has 2 saturated carbocycles. The van der Waals surface area contributed by atoms with Crippen LogP contribution in [0.5, 0.6) is 0 Å². The van der Waals surface area contributed by atoms with E-state index in [1.807, 2.05) is 4.90 Å². The minimum Gasteiger partial charge on any atom is -0.481 e. The predicted octanol–water partition coefficient (Wildman–Crippen LogP) is 1.78. The Hall–Kier alpha value is -1.57. The number of hydrogen-bond donors (Lipinski definition) is 1. The topological polar surface area (TPSA) is 81.4 Å². The molecule has 0 bridgehead atoms. The standard InChI is InChI=1S/C14H20N2O3/c15-7-2-8-16(12-5-6-12)13(17)10-3-1-4-11(9-10)14(18)19/h10-12H,1-6,8-9H2,(H,18,19). The molecule has 5 nitrogen and oxygen atoms in total. The van der Waals surface area contributed by atoms with Gasteiger partial charge in [-0.2, -0.15) is 5.26 Å². The molecule has 0 aromatic rings. The Kier molecular flexibility index (Phi) is 4.41. The first-order valence-electron chi connectivity index (χ1n) is 7.03. The molecule has 0 radical (unpaired) electrons. The molecule has 19 heavy (non-hydrogen) atoms. The normalized spacial score (nSPS) is 26.5. The smallest absolute Gasteiger partial charge is 0.306 e. The summed E-state index contributed by atoms with van der Waals surface area (Å²) in [4.78, 5) is 25.3. The van der Waals surface area contributed by atoms with Crippen molar-refractivity contribution in [3.8, 4) is 6.07 Å². The van der Waals surface area contributed by atoms with Crippen molar-refractivity contribution < 1.29 is 14.7 Å². The molecule has 5 heteroatoms. The maximum Gasteiger partial charge on any atom is 0.306 e. The summed E-state index contributed by atoms with van der Waals surface area (Å²) in [6.07, 6.45) is 5.14. The molecule has 104 valence electrons. The number of nitrogens with zero attached hydrogens (tertiary/aromatic N) is 2. The van der Waals surface area contributed by atoms with E-state index in [1.54, 1.807) is 0 Å². The van der Waals surface area contributed by atoms with E-state index in [-0.39, 0.29) is 17.7 Å². The Bertz CT molecular complexity index is 398. The van der Waals surface area contributed by atoms with Crippen LogP contribution in [0.4, 0.5) is 0 Å². The maximum atomic E-state index is 12.5. The first-order valence-corrected chi connectivity index (χ1v) is 7.03. The molecule has 2 aliphatic carbocycles. The second-order valence-electron chi connectivity index (χ2n) is 5.57. The van der Waals surface area contributed by atoms with Gasteiger partial charge in [-0.25, -0.2) is 0 Å². The monoisotopic (exact) mass is 264 g/mol. The van der Waals surface area contributed by atoms with E-state index in [0.29, 0.717) is 31.8 Å². The van der Waals surface area contributed by atoms with E-state index < -0.39 is 5.97 Å². The highest BCUT2D eigenvalue weighted by molar-refractivity contribution is 5.81. The quantitative estimate of drug-likeness (QED) is 0.820. The zero-order valence-corrected chi connectivity index (χ0v) is 11.0. The van der Waals surface area contributed by atoms with Gasteiger partial charge in [0.1, 0.15) is 0 Å². The lowest BCUT2D eigenvalue weighted by Crippen LogP contribution is -2.40. The highest BCUT2D eigenvalue weighted by Gasteiger charge is 2.38. The van der Waals surface area contributed by atoms with E-state index in [0.717, 1.165) is 25.7 Å². The Balaban J connectivity index is 1.96. The van der Waals surface area contributed by atoms with Gasteiger partial charge in [0.05, 0.1) is 18.4 Å². The summed E-state index contributed by atoms with van der Waals surface area (Å²) < 4.78 is 0. The van der Waals surface area contributed by atoms with Gasteiger partial charge < -0.3 is 10.0 Å². The van der Waals surface area contributed by atoms with E-state index in [9.17, 15) is 9.59 Å². The molecule has 2 atom stereocenters. The van der Waals surface area contributed by atoms with Crippen LogP contribution in [-0.4, -0.2) is 34.5 Å². The molecule has 2 aliphatic rings. The molecule has 0 aromatic carbocycles. The summed E-state index contributed by atoms with van der Waals surface area (Å²) in [5, 5.41) is 17.7. The van der Waals surface area contributed by atoms with E-state index in [2.05, 4.69) is 6.07 Å². The van der Waals surface area contributed by atoms with Crippen LogP contribution in [0, 0.1) is 23.2 Å². The van der Waals surface area contributed by atoms with Gasteiger partial charge >= 0.3 is 5.97 Å². The summed E-state index contributed by atoms with van der Waals surface area (Å²) in [7, 11) is 0. The third kappa shape index (κ3) is 3.46. The molecular formula is C14H20N2O3. The molecule has 1 amide bonds. The number of amides is 1. The van der Waals surface area contributed by atoms with Crippen LogP contribution in [0.25, 0.3) is 0 Å². The zero-order valence-electron chi connectivity index (χ0n) is 11.0. The number of aliphatic carboxylic acids is 1. The van der Waals surface area contributed by atoms with Gasteiger partial charge in [-0.05, 0) is 32.1 Å². The lowest BCUT2D eigenvalue weighted by Gasteiger charge is -2.31. The van der Waals surface area contributed by atoms with Crippen LogP contribution in [0.15, 0.2) is 0 Å². The molecule has 2 rings (SSSR count). The van der Waals surface area contributed by atoms with Crippen molar-refractivity contribution in [1.82, 2.24) is 4.90 Å². The van der Waals surface area contributed by atoms with Crippen LogP contribution in [-0.2, 0) is 9.59 Å². The van der Waals surface area contributed by atoms with Gasteiger partial charge in [-0.15, -0.1) is 0 Å². The summed E-state index contributed by atoms with van der Waals surface area (Å²) in [5.74, 6) is -1.25. The summed E-state index contributed by atoms with van der Waals surface area (Å²) in [6, 6.07) is 2.37. The van der Waals surface area contributed by atoms with Gasteiger partial charge in [0, 0.05) is 18.5 Å². The van der Waals surface area contributed by atoms with Crippen molar-refractivity contribution >= 4 is 11.9 Å². The number of carbonyl (C=O) groups is 2. The van der Waals surface area contributed by atoms with Crippen LogP contribution >= 0.6 is 0 Å². The highest BCUT2D eigenvalue weighted by Crippen LogP contribution is 2.34. The Morgan fingerprint density at radius 2 is 1.89 bits per heavy atom. The number of nitriles is 1. The first kappa shape index (κ1) is 13.9. The third-order valence-electron chi connectivity index (χ3n) is 4.11. The third-order valence-corrected chi connectivity index (χ3v) is 4.11. The minimum atomic E-state index is -0.785. The second kappa shape index (κ2) is 6.05. The molecule has 0 spiro atoms. The first-order chi connectivity index (χ1) is 9.13. The van der Waals surface area contributed by atoms with E-state index in [1.165, 1.54) is 0 Å². The van der Waals surface area contributed by atoms with Crippen molar-refractivity contribution in [2.45, 2.75) is 51.0 Å². The molecule has 2 unspecified atom stereocenters. The fourth-order valence-electron chi connectivity index (χ4n) is 2.90. The maximum absolute atomic E-state index is 12.5. The number of rotatable bonds is 5. The summed E-state index contributed by atoms with van der Waals surface area (Å²) in [6.45, 7) is 0.494. The Labute approximate surface area is 113 Å². The number of carboxylic acid groups (broad SMARTS) is 1. The van der Waals surface area contributed by atoms with Gasteiger partial charge in [0.15, 0.2) is 0 Å². The summed E-state index contributed by atoms with van der Waals surface area (Å²) >= 11 is 0. The zero-order chi connectivity index (χ0) is 13.8. The number of hydrogen-bond acceptors (Lipinski definition) is 3. The Morgan fingerprint density at radius 1 is 1.21 bits per heavy atom. The van der Waals surface area contributed by atoms with Crippen LogP contribution < -0.4 is 0 Å². The fourth-order valence-corrected chi connectivity index (χ4v) is 2.90. The second-order valence-corrected chi connectivity index (χ2v) is 5.57. The van der Waals surface area contributed by atoms with Gasteiger partial charge in [-0.3, -0.25) is 9.59 Å². The summed E-state index contributed by atoms with van der Waals surface area (Å²) in [5.41, 5.74) is 0. The minimum absolute atomic E-state index is 0.0729.